The molecule has 1 heterocycles. The Hall–Kier alpha value is -5.67. The van der Waals surface area contributed by atoms with Gasteiger partial charge in [-0.05, 0) is 68.1 Å². The predicted molar refractivity (Wildman–Crippen MR) is 187 cm³/mol. The van der Waals surface area contributed by atoms with Crippen LogP contribution >= 0.6 is 0 Å². The number of hydrogen-bond donors (Lipinski definition) is 0. The lowest BCUT2D eigenvalue weighted by Gasteiger charge is -2.22. The van der Waals surface area contributed by atoms with Gasteiger partial charge in [-0.25, -0.2) is 15.0 Å². The van der Waals surface area contributed by atoms with E-state index < -0.39 is 0 Å². The van der Waals surface area contributed by atoms with Gasteiger partial charge in [0.2, 0.25) is 0 Å². The molecule has 0 radical (unpaired) electrons. The molecule has 0 fully saturated rings. The zero-order valence-electron chi connectivity index (χ0n) is 25.8. The van der Waals surface area contributed by atoms with E-state index in [9.17, 15) is 0 Å². The lowest BCUT2D eigenvalue weighted by molar-refractivity contribution is 0.660. The average molecular weight is 590 g/mol. The fraction of sp³-hybridized carbons (Fsp3) is 0.0930. The number of hydrogen-bond acceptors (Lipinski definition) is 3. The van der Waals surface area contributed by atoms with Gasteiger partial charge in [-0.15, -0.1) is 0 Å². The van der Waals surface area contributed by atoms with E-state index in [1.165, 1.54) is 44.5 Å². The molecule has 3 nitrogen and oxygen atoms in total. The Balaban J connectivity index is 1.30. The van der Waals surface area contributed by atoms with E-state index in [0.29, 0.717) is 17.5 Å². The summed E-state index contributed by atoms with van der Waals surface area (Å²) in [4.78, 5) is 15.5. The first-order chi connectivity index (χ1) is 22.6. The van der Waals surface area contributed by atoms with Gasteiger partial charge in [-0.2, -0.15) is 0 Å². The van der Waals surface area contributed by atoms with Gasteiger partial charge in [0.1, 0.15) is 0 Å². The van der Waals surface area contributed by atoms with Crippen LogP contribution in [-0.4, -0.2) is 15.0 Å². The summed E-state index contributed by atoms with van der Waals surface area (Å²) in [6.07, 6.45) is 0.961. The van der Waals surface area contributed by atoms with Crippen molar-refractivity contribution in [2.45, 2.75) is 25.7 Å². The zero-order valence-corrected chi connectivity index (χ0v) is 25.8. The van der Waals surface area contributed by atoms with Crippen LogP contribution < -0.4 is 0 Å². The number of nitrogens with zero attached hydrogens (tertiary/aromatic N) is 3. The molecule has 0 amide bonds. The molecule has 0 unspecified atom stereocenters. The molecule has 9 rings (SSSR count). The first-order valence-corrected chi connectivity index (χ1v) is 15.9. The van der Waals surface area contributed by atoms with E-state index in [0.717, 1.165) is 34.2 Å². The van der Waals surface area contributed by atoms with E-state index in [1.807, 2.05) is 24.3 Å². The van der Waals surface area contributed by atoms with E-state index in [2.05, 4.69) is 129 Å². The maximum atomic E-state index is 5.25. The van der Waals surface area contributed by atoms with Crippen LogP contribution in [0, 0.1) is 0 Å². The fourth-order valence-corrected chi connectivity index (χ4v) is 7.49. The number of rotatable bonds is 4. The van der Waals surface area contributed by atoms with Crippen LogP contribution in [0.25, 0.3) is 67.5 Å². The average Bonchev–Trinajstić information content (AvgIpc) is 3.61. The lowest BCUT2D eigenvalue weighted by Crippen LogP contribution is -2.15. The predicted octanol–water partition coefficient (Wildman–Crippen LogP) is 10.4. The minimum Gasteiger partial charge on any atom is -0.208 e. The van der Waals surface area contributed by atoms with Crippen LogP contribution in [-0.2, 0) is 11.8 Å². The lowest BCUT2D eigenvalue weighted by atomic mass is 9.81. The van der Waals surface area contributed by atoms with Gasteiger partial charge in [0.25, 0.3) is 0 Å². The fourth-order valence-electron chi connectivity index (χ4n) is 7.49. The van der Waals surface area contributed by atoms with Crippen molar-refractivity contribution in [2.24, 2.45) is 0 Å². The molecule has 0 saturated carbocycles. The standard InChI is InChI=1S/C43H31N3/c1-43(2)35-22-12-21-34(38(35)39-36(43)24-23-31-26-30-17-9-10-20-33(30)37(31)39)42-45-40(28-15-7-4-8-16-28)44-41(46-42)32-19-11-18-29(25-32)27-13-5-3-6-14-27/h3-25H,26H2,1-2H3. The molecule has 2 aliphatic rings. The molecule has 46 heavy (non-hydrogen) atoms. The highest BCUT2D eigenvalue weighted by molar-refractivity contribution is 6.01. The van der Waals surface area contributed by atoms with E-state index in [4.69, 9.17) is 15.0 Å². The van der Waals surface area contributed by atoms with Crippen molar-refractivity contribution in [3.63, 3.8) is 0 Å². The molecule has 0 saturated heterocycles. The third-order valence-electron chi connectivity index (χ3n) is 9.76. The topological polar surface area (TPSA) is 38.7 Å². The molecular weight excluding hydrogens is 558 g/mol. The minimum absolute atomic E-state index is 0.157. The molecule has 218 valence electrons. The monoisotopic (exact) mass is 589 g/mol. The molecule has 0 aliphatic heterocycles. The summed E-state index contributed by atoms with van der Waals surface area (Å²) < 4.78 is 0. The Kier molecular flexibility index (Phi) is 5.91. The van der Waals surface area contributed by atoms with Gasteiger partial charge in [-0.3, -0.25) is 0 Å². The van der Waals surface area contributed by atoms with Crippen molar-refractivity contribution in [1.82, 2.24) is 15.0 Å². The molecule has 3 heteroatoms. The zero-order chi connectivity index (χ0) is 30.8. The van der Waals surface area contributed by atoms with Crippen molar-refractivity contribution in [3.8, 4) is 67.5 Å². The normalized spacial score (nSPS) is 13.5. The Morgan fingerprint density at radius 1 is 0.413 bits per heavy atom. The summed E-state index contributed by atoms with van der Waals surface area (Å²) in [5, 5.41) is 0. The van der Waals surface area contributed by atoms with Crippen molar-refractivity contribution < 1.29 is 0 Å². The maximum absolute atomic E-state index is 5.25. The third kappa shape index (κ3) is 4.09. The van der Waals surface area contributed by atoms with Crippen LogP contribution in [0.2, 0.25) is 0 Å². The Labute approximate surface area is 269 Å². The molecule has 2 aliphatic carbocycles. The first kappa shape index (κ1) is 26.7. The summed E-state index contributed by atoms with van der Waals surface area (Å²) in [5.41, 5.74) is 15.8. The van der Waals surface area contributed by atoms with Gasteiger partial charge in [0.15, 0.2) is 17.5 Å². The van der Waals surface area contributed by atoms with Gasteiger partial charge in [0, 0.05) is 22.1 Å². The van der Waals surface area contributed by atoms with Crippen LogP contribution in [0.3, 0.4) is 0 Å². The summed E-state index contributed by atoms with van der Waals surface area (Å²) in [6, 6.07) is 49.4. The summed E-state index contributed by atoms with van der Waals surface area (Å²) >= 11 is 0. The molecule has 0 N–H and O–H groups in total. The Bertz CT molecular complexity index is 2300. The quantitative estimate of drug-likeness (QED) is 0.205. The SMILES string of the molecule is CC1(C)c2cccc(-c3nc(-c4ccccc4)nc(-c4cccc(-c5ccccc5)c4)n3)c2-c2c1ccc1c2-c2ccccc2C1. The molecular formula is C43H31N3. The highest BCUT2D eigenvalue weighted by Crippen LogP contribution is 2.57. The van der Waals surface area contributed by atoms with E-state index >= 15 is 0 Å². The van der Waals surface area contributed by atoms with Crippen LogP contribution in [0.4, 0.5) is 0 Å². The molecule has 6 aromatic carbocycles. The molecule has 0 atom stereocenters. The highest BCUT2D eigenvalue weighted by atomic mass is 15.0. The second-order valence-corrected chi connectivity index (χ2v) is 12.8. The highest BCUT2D eigenvalue weighted by Gasteiger charge is 2.40. The second-order valence-electron chi connectivity index (χ2n) is 12.8. The van der Waals surface area contributed by atoms with Gasteiger partial charge in [0.05, 0.1) is 0 Å². The number of aromatic nitrogens is 3. The summed E-state index contributed by atoms with van der Waals surface area (Å²) in [5.74, 6) is 2.03. The third-order valence-corrected chi connectivity index (χ3v) is 9.76. The minimum atomic E-state index is -0.157. The molecule has 0 bridgehead atoms. The van der Waals surface area contributed by atoms with Crippen molar-refractivity contribution in [1.29, 1.82) is 0 Å². The first-order valence-electron chi connectivity index (χ1n) is 15.9. The van der Waals surface area contributed by atoms with Crippen LogP contribution in [0.5, 0.6) is 0 Å². The Morgan fingerprint density at radius 2 is 1.00 bits per heavy atom. The Morgan fingerprint density at radius 3 is 1.80 bits per heavy atom. The smallest absolute Gasteiger partial charge is 0.164 e. The largest absolute Gasteiger partial charge is 0.208 e. The summed E-state index contributed by atoms with van der Waals surface area (Å²) in [6.45, 7) is 4.69. The van der Waals surface area contributed by atoms with Crippen molar-refractivity contribution in [3.05, 3.63) is 162 Å². The van der Waals surface area contributed by atoms with Gasteiger partial charge >= 0.3 is 0 Å². The van der Waals surface area contributed by atoms with E-state index in [-0.39, 0.29) is 5.41 Å². The van der Waals surface area contributed by atoms with Crippen LogP contribution in [0.15, 0.2) is 140 Å². The maximum Gasteiger partial charge on any atom is 0.164 e. The van der Waals surface area contributed by atoms with Crippen molar-refractivity contribution in [2.75, 3.05) is 0 Å². The molecule has 7 aromatic rings. The number of fused-ring (bicyclic) bond motifs is 7. The molecule has 0 spiro atoms. The van der Waals surface area contributed by atoms with Gasteiger partial charge < -0.3 is 0 Å². The van der Waals surface area contributed by atoms with Crippen molar-refractivity contribution >= 4 is 0 Å². The molecule has 1 aromatic heterocycles. The number of benzene rings is 6. The summed E-state index contributed by atoms with van der Waals surface area (Å²) in [7, 11) is 0. The second kappa shape index (κ2) is 10.2. The van der Waals surface area contributed by atoms with Gasteiger partial charge in [-0.1, -0.05) is 147 Å². The van der Waals surface area contributed by atoms with Crippen LogP contribution in [0.1, 0.15) is 36.1 Å². The van der Waals surface area contributed by atoms with E-state index in [1.54, 1.807) is 0 Å².